The first-order chi connectivity index (χ1) is 46.0. The lowest BCUT2D eigenvalue weighted by atomic mass is 9.80. The number of rotatable bonds is 18. The molecule has 2 aliphatic carbocycles. The van der Waals surface area contributed by atoms with Gasteiger partial charge in [-0.2, -0.15) is 0 Å². The molecule has 9 aromatic rings. The van der Waals surface area contributed by atoms with Crippen LogP contribution < -0.4 is 18.9 Å². The van der Waals surface area contributed by atoms with Crippen molar-refractivity contribution in [3.05, 3.63) is 164 Å². The number of benzene rings is 9. The van der Waals surface area contributed by atoms with Gasteiger partial charge in [-0.25, -0.2) is 0 Å². The minimum absolute atomic E-state index is 0.0449. The van der Waals surface area contributed by atoms with Gasteiger partial charge in [0.2, 0.25) is 11.8 Å². The van der Waals surface area contributed by atoms with Crippen LogP contribution in [0.3, 0.4) is 0 Å². The van der Waals surface area contributed by atoms with E-state index in [-0.39, 0.29) is 79.9 Å². The first kappa shape index (κ1) is 65.4. The molecule has 96 heavy (non-hydrogen) atoms. The van der Waals surface area contributed by atoms with Crippen LogP contribution in [0.2, 0.25) is 0 Å². The highest BCUT2D eigenvalue weighted by Gasteiger charge is 2.49. The van der Waals surface area contributed by atoms with Crippen molar-refractivity contribution in [3.8, 4) is 46.0 Å². The van der Waals surface area contributed by atoms with Gasteiger partial charge in [0.25, 0.3) is 23.6 Å². The quantitative estimate of drug-likeness (QED) is 0.0461. The summed E-state index contributed by atoms with van der Waals surface area (Å²) in [7, 11) is 0. The van der Waals surface area contributed by atoms with Gasteiger partial charge in [-0.15, -0.1) is 0 Å². The predicted molar refractivity (Wildman–Crippen MR) is 378 cm³/mol. The summed E-state index contributed by atoms with van der Waals surface area (Å²) >= 11 is 0. The van der Waals surface area contributed by atoms with E-state index in [9.17, 15) is 0 Å². The second-order valence-electron chi connectivity index (χ2n) is 28.3. The van der Waals surface area contributed by atoms with Crippen molar-refractivity contribution in [1.82, 2.24) is 19.6 Å². The number of likely N-dealkylation sites (N-methyl/N-ethyl adjacent to an activating group) is 2. The lowest BCUT2D eigenvalue weighted by Crippen LogP contribution is -2.58. The Morgan fingerprint density at radius 1 is 0.365 bits per heavy atom. The zero-order valence-corrected chi connectivity index (χ0v) is 58.1. The van der Waals surface area contributed by atoms with Gasteiger partial charge in [0.05, 0.1) is 22.3 Å². The number of hydrogen-bond donors (Lipinski definition) is 0. The average Bonchev–Trinajstić information content (AvgIpc) is 0.671. The monoisotopic (exact) mass is 1290 g/mol. The van der Waals surface area contributed by atoms with Crippen LogP contribution >= 0.6 is 0 Å². The van der Waals surface area contributed by atoms with Gasteiger partial charge < -0.3 is 28.7 Å². The molecule has 2 atom stereocenters. The topological polar surface area (TPSA) is 152 Å². The second kappa shape index (κ2) is 25.7. The Balaban J connectivity index is 1.21. The third-order valence-corrected chi connectivity index (χ3v) is 20.8. The number of aryl methyl sites for hydroxylation is 8. The molecule has 0 N–H and O–H groups in total. The summed E-state index contributed by atoms with van der Waals surface area (Å²) in [6, 6.07) is 27.7. The van der Waals surface area contributed by atoms with Crippen LogP contribution in [-0.4, -0.2) is 92.3 Å². The number of nitrogens with zero attached hydrogens (tertiary/aromatic N) is 4. The minimum atomic E-state index is -1.19. The molecule has 2 fully saturated rings. The fourth-order valence-corrected chi connectivity index (χ4v) is 16.2. The van der Waals surface area contributed by atoms with Crippen molar-refractivity contribution in [2.75, 3.05) is 13.1 Å². The SMILES string of the molecule is CCN(C(=O)C(C(C)C)N1C(=O)c2cc(Oc3ccc(C)cc3C)c3c4c(Oc5ccc(C)cc5C)cc5c6c(cc(Oc7ccc(C)cc7C)c(c7c(Oc8ccc(C)cc8C)cc(c2c37)C1=O)c64)C(=O)N(C(C(=O)N(CC)C1CCCCC1)C(C)C)C5=O)C1CCCCC1. The molecule has 6 amide bonds. The Hall–Kier alpha value is -9.30. The number of hydrogen-bond acceptors (Lipinski definition) is 10. The summed E-state index contributed by atoms with van der Waals surface area (Å²) in [5, 5.41) is 2.86. The molecule has 0 radical (unpaired) electrons. The fourth-order valence-electron chi connectivity index (χ4n) is 16.2. The van der Waals surface area contributed by atoms with Crippen molar-refractivity contribution in [2.24, 2.45) is 11.8 Å². The van der Waals surface area contributed by atoms with Crippen molar-refractivity contribution in [2.45, 2.75) is 185 Å². The molecule has 496 valence electrons. The normalized spacial score (nSPS) is 16.0. The zero-order chi connectivity index (χ0) is 68.0. The van der Waals surface area contributed by atoms with Gasteiger partial charge in [0, 0.05) is 68.3 Å². The highest BCUT2D eigenvalue weighted by atomic mass is 16.5. The van der Waals surface area contributed by atoms with E-state index in [0.29, 0.717) is 68.4 Å². The molecule has 0 spiro atoms. The average molecular weight is 1290 g/mol. The van der Waals surface area contributed by atoms with E-state index in [2.05, 4.69) is 0 Å². The third-order valence-electron chi connectivity index (χ3n) is 20.8. The summed E-state index contributed by atoms with van der Waals surface area (Å²) in [4.78, 5) is 103. The molecule has 0 bridgehead atoms. The number of imide groups is 2. The molecule has 14 heteroatoms. The Morgan fingerprint density at radius 2 is 0.615 bits per heavy atom. The summed E-state index contributed by atoms with van der Waals surface area (Å²) in [5.74, 6) is -1.67. The summed E-state index contributed by atoms with van der Waals surface area (Å²) in [5.41, 5.74) is 7.60. The van der Waals surface area contributed by atoms with Crippen LogP contribution in [0.25, 0.3) is 43.1 Å². The molecule has 2 saturated carbocycles. The van der Waals surface area contributed by atoms with Crippen LogP contribution in [0.4, 0.5) is 0 Å². The van der Waals surface area contributed by atoms with E-state index >= 15 is 28.8 Å². The van der Waals surface area contributed by atoms with Crippen LogP contribution in [0.1, 0.15) is 192 Å². The number of carbonyl (C=O) groups is 6. The van der Waals surface area contributed by atoms with Crippen LogP contribution in [0.5, 0.6) is 46.0 Å². The van der Waals surface area contributed by atoms with Gasteiger partial charge in [-0.3, -0.25) is 38.6 Å². The van der Waals surface area contributed by atoms with Gasteiger partial charge in [-0.1, -0.05) is 137 Å². The Bertz CT molecular complexity index is 4170. The first-order valence-electron chi connectivity index (χ1n) is 34.7. The molecule has 2 unspecified atom stereocenters. The minimum Gasteiger partial charge on any atom is -0.456 e. The number of ether oxygens (including phenoxy) is 4. The van der Waals surface area contributed by atoms with E-state index in [0.717, 1.165) is 109 Å². The highest BCUT2D eigenvalue weighted by Crippen LogP contribution is 2.59. The van der Waals surface area contributed by atoms with Crippen molar-refractivity contribution < 1.29 is 47.7 Å². The molecule has 2 heterocycles. The maximum absolute atomic E-state index is 16.5. The van der Waals surface area contributed by atoms with Crippen molar-refractivity contribution in [3.63, 3.8) is 0 Å². The number of fused-ring (bicyclic) bond motifs is 2. The summed E-state index contributed by atoms with van der Waals surface area (Å²) in [6.07, 6.45) is 9.39. The molecule has 0 saturated heterocycles. The van der Waals surface area contributed by atoms with Gasteiger partial charge in [-0.05, 0) is 178 Å². The molecule has 13 rings (SSSR count). The molecular weight excluding hydrogens is 1200 g/mol. The van der Waals surface area contributed by atoms with E-state index in [1.807, 2.05) is 180 Å². The summed E-state index contributed by atoms with van der Waals surface area (Å²) in [6.45, 7) is 28.1. The predicted octanol–water partition coefficient (Wildman–Crippen LogP) is 19.0. The lowest BCUT2D eigenvalue weighted by molar-refractivity contribution is -0.140. The van der Waals surface area contributed by atoms with E-state index in [1.165, 1.54) is 9.80 Å². The number of carbonyl (C=O) groups excluding carboxylic acids is 6. The summed E-state index contributed by atoms with van der Waals surface area (Å²) < 4.78 is 29.6. The highest BCUT2D eigenvalue weighted by molar-refractivity contribution is 6.45. The fraction of sp³-hybridized carbons (Fsp3) is 0.390. The molecule has 4 aliphatic rings. The van der Waals surface area contributed by atoms with Crippen molar-refractivity contribution >= 4 is 78.5 Å². The van der Waals surface area contributed by atoms with E-state index in [1.54, 1.807) is 24.3 Å². The molecular formula is C82H88N4O10. The zero-order valence-electron chi connectivity index (χ0n) is 58.1. The largest absolute Gasteiger partial charge is 0.456 e. The van der Waals surface area contributed by atoms with Crippen LogP contribution in [0.15, 0.2) is 97.1 Å². The molecule has 9 aromatic carbocycles. The number of amides is 6. The van der Waals surface area contributed by atoms with Crippen LogP contribution in [-0.2, 0) is 9.59 Å². The Labute approximate surface area is 563 Å². The maximum atomic E-state index is 16.5. The molecule has 0 aromatic heterocycles. The standard InChI is InChI=1S/C82H88N4O10/c1-15-83(53-23-19-17-20-24-53)81(91)75(43(3)4)85-77(87)55-39-63(93-59-31-27-45(7)35-49(59)11)69-71-65(95-61-33-29-47(9)37-51(61)13)41-57-68-58(80(90)86(79(57)89)76(44(5)6)82(92)84(16-2)54-25-21-18-22-26-54)42-66(96-62-34-30-48(10)38-52(62)14)72(74(68)71)70-64(40-56(78(85)88)67(55)73(69)70)94-60-32-28-46(8)36-50(60)12/h27-44,53-54,75-76H,15-26H2,1-14H3. The lowest BCUT2D eigenvalue weighted by Gasteiger charge is -2.41. The smallest absolute Gasteiger partial charge is 0.262 e. The van der Waals surface area contributed by atoms with Gasteiger partial charge >= 0.3 is 0 Å². The third kappa shape index (κ3) is 11.1. The Kier molecular flexibility index (Phi) is 17.5. The van der Waals surface area contributed by atoms with E-state index in [4.69, 9.17) is 18.9 Å². The van der Waals surface area contributed by atoms with E-state index < -0.39 is 47.5 Å². The molecule has 14 nitrogen and oxygen atoms in total. The first-order valence-corrected chi connectivity index (χ1v) is 34.7. The second-order valence-corrected chi connectivity index (χ2v) is 28.3. The van der Waals surface area contributed by atoms with Gasteiger partial charge in [0.15, 0.2) is 0 Å². The maximum Gasteiger partial charge on any atom is 0.262 e. The van der Waals surface area contributed by atoms with Crippen molar-refractivity contribution in [1.29, 1.82) is 0 Å². The van der Waals surface area contributed by atoms with Crippen LogP contribution in [0, 0.1) is 67.2 Å². The molecule has 2 aliphatic heterocycles. The van der Waals surface area contributed by atoms with Gasteiger partial charge in [0.1, 0.15) is 58.1 Å². The Morgan fingerprint density at radius 3 is 0.833 bits per heavy atom.